The second-order valence-corrected chi connectivity index (χ2v) is 8.44. The summed E-state index contributed by atoms with van der Waals surface area (Å²) in [4.78, 5) is 36.9. The van der Waals surface area contributed by atoms with Gasteiger partial charge in [0.15, 0.2) is 6.10 Å². The number of nitrogens with one attached hydrogen (secondary N) is 2. The van der Waals surface area contributed by atoms with Gasteiger partial charge in [-0.3, -0.25) is 14.5 Å². The molecule has 0 aliphatic carbocycles. The number of halogens is 5. The second kappa shape index (κ2) is 8.94. The van der Waals surface area contributed by atoms with Crippen LogP contribution in [-0.2, 0) is 6.54 Å². The summed E-state index contributed by atoms with van der Waals surface area (Å²) in [6.07, 6.45) is -2.86. The number of rotatable bonds is 5. The molecule has 4 aromatic heterocycles. The Balaban J connectivity index is 1.43. The molecule has 1 aliphatic heterocycles. The third-order valence-electron chi connectivity index (χ3n) is 5.74. The van der Waals surface area contributed by atoms with E-state index in [0.29, 0.717) is 4.68 Å². The van der Waals surface area contributed by atoms with Crippen LogP contribution in [0, 0.1) is 11.3 Å². The summed E-state index contributed by atoms with van der Waals surface area (Å²) in [5, 5.41) is 13.3. The molecule has 0 aromatic carbocycles. The molecule has 0 bridgehead atoms. The van der Waals surface area contributed by atoms with E-state index < -0.39 is 42.5 Å². The van der Waals surface area contributed by atoms with Gasteiger partial charge in [-0.1, -0.05) is 0 Å². The Morgan fingerprint density at radius 1 is 1.21 bits per heavy atom. The van der Waals surface area contributed by atoms with E-state index in [0.717, 1.165) is 12.3 Å². The molecule has 5 rings (SSSR count). The fourth-order valence-corrected chi connectivity index (χ4v) is 4.03. The third-order valence-corrected chi connectivity index (χ3v) is 5.74. The van der Waals surface area contributed by atoms with Gasteiger partial charge in [0.2, 0.25) is 5.88 Å². The zero-order chi connectivity index (χ0) is 27.2. The minimum atomic E-state index is -4.55. The standard InChI is InChI=1S/C22H15F5N8O3/c23-21(24)9-34(13-1-12(4-28)32-15(2-13)14-7-30-20(37)33-19(14)36)8-17(21)38-18-3-16-11(5-29-18)6-31-35(16)10-22(25,26)27/h1-3,5-7,17H,8-10H2,(H2,30,33,36,37). The van der Waals surface area contributed by atoms with Crippen molar-refractivity contribution in [1.82, 2.24) is 29.7 Å². The Kier molecular flexibility index (Phi) is 5.85. The smallest absolute Gasteiger partial charge is 0.408 e. The molecular formula is C22H15F5N8O3. The molecule has 1 saturated heterocycles. The Hall–Kier alpha value is -4.81. The van der Waals surface area contributed by atoms with E-state index in [-0.39, 0.29) is 46.0 Å². The molecule has 4 aromatic rings. The first-order valence-corrected chi connectivity index (χ1v) is 10.8. The highest BCUT2D eigenvalue weighted by molar-refractivity contribution is 5.78. The van der Waals surface area contributed by atoms with Crippen LogP contribution in [0.25, 0.3) is 22.2 Å². The number of hydrogen-bond donors (Lipinski definition) is 2. The van der Waals surface area contributed by atoms with Gasteiger partial charge in [-0.2, -0.15) is 23.5 Å². The maximum absolute atomic E-state index is 15.0. The van der Waals surface area contributed by atoms with Crippen molar-refractivity contribution in [2.75, 3.05) is 18.0 Å². The highest BCUT2D eigenvalue weighted by Gasteiger charge is 2.50. The minimum absolute atomic E-state index is 0.00839. The topological polar surface area (TPSA) is 146 Å². The number of alkyl halides is 5. The van der Waals surface area contributed by atoms with E-state index in [1.165, 1.54) is 29.4 Å². The molecule has 11 nitrogen and oxygen atoms in total. The number of pyridine rings is 2. The van der Waals surface area contributed by atoms with Crippen molar-refractivity contribution in [3.63, 3.8) is 0 Å². The Labute approximate surface area is 208 Å². The monoisotopic (exact) mass is 534 g/mol. The van der Waals surface area contributed by atoms with Crippen LogP contribution in [0.3, 0.4) is 0 Å². The van der Waals surface area contributed by atoms with E-state index in [1.807, 2.05) is 4.98 Å². The summed E-state index contributed by atoms with van der Waals surface area (Å²) in [5.41, 5.74) is -1.70. The van der Waals surface area contributed by atoms with Crippen LogP contribution < -0.4 is 20.9 Å². The lowest BCUT2D eigenvalue weighted by Crippen LogP contribution is -2.36. The van der Waals surface area contributed by atoms with Gasteiger partial charge in [0.1, 0.15) is 18.3 Å². The van der Waals surface area contributed by atoms with Gasteiger partial charge in [-0.15, -0.1) is 0 Å². The number of hydrogen-bond acceptors (Lipinski definition) is 8. The number of H-pyrrole nitrogens is 2. The van der Waals surface area contributed by atoms with Crippen LogP contribution in [0.4, 0.5) is 27.6 Å². The summed E-state index contributed by atoms with van der Waals surface area (Å²) >= 11 is 0. The van der Waals surface area contributed by atoms with Crippen molar-refractivity contribution in [3.8, 4) is 23.2 Å². The van der Waals surface area contributed by atoms with Crippen molar-refractivity contribution >= 4 is 16.6 Å². The fourth-order valence-electron chi connectivity index (χ4n) is 4.03. The predicted molar refractivity (Wildman–Crippen MR) is 121 cm³/mol. The molecule has 1 unspecified atom stereocenters. The molecule has 1 aliphatic rings. The first-order chi connectivity index (χ1) is 17.9. The fraction of sp³-hybridized carbons (Fsp3) is 0.273. The molecule has 38 heavy (non-hydrogen) atoms. The largest absolute Gasteiger partial charge is 0.466 e. The first kappa shape index (κ1) is 24.9. The highest BCUT2D eigenvalue weighted by Crippen LogP contribution is 2.35. The van der Waals surface area contributed by atoms with E-state index in [9.17, 15) is 36.8 Å². The average molecular weight is 534 g/mol. The lowest BCUT2D eigenvalue weighted by molar-refractivity contribution is -0.141. The summed E-state index contributed by atoms with van der Waals surface area (Å²) < 4.78 is 74.5. The van der Waals surface area contributed by atoms with Crippen molar-refractivity contribution in [1.29, 1.82) is 5.26 Å². The molecule has 0 amide bonds. The molecule has 1 atom stereocenters. The second-order valence-electron chi connectivity index (χ2n) is 8.44. The SMILES string of the molecule is N#Cc1cc(N2CC(Oc3cc4c(cn3)cnn4CC(F)(F)F)C(F)(F)C2)cc(-c2c[nH]c(=O)[nH]c2=O)n1. The normalized spacial score (nSPS) is 17.1. The molecule has 0 spiro atoms. The molecule has 196 valence electrons. The Morgan fingerprint density at radius 3 is 2.71 bits per heavy atom. The van der Waals surface area contributed by atoms with Gasteiger partial charge in [0.05, 0.1) is 36.1 Å². The number of nitrogens with zero attached hydrogens (tertiary/aromatic N) is 6. The molecule has 1 fully saturated rings. The summed E-state index contributed by atoms with van der Waals surface area (Å²) in [6.45, 7) is -2.59. The molecule has 0 saturated carbocycles. The van der Waals surface area contributed by atoms with Crippen molar-refractivity contribution in [2.24, 2.45) is 0 Å². The number of fused-ring (bicyclic) bond motifs is 1. The van der Waals surface area contributed by atoms with Gasteiger partial charge in [-0.25, -0.2) is 23.5 Å². The number of anilines is 1. The van der Waals surface area contributed by atoms with Crippen LogP contribution >= 0.6 is 0 Å². The number of ether oxygens (including phenoxy) is 1. The van der Waals surface area contributed by atoms with Crippen molar-refractivity contribution < 1.29 is 26.7 Å². The van der Waals surface area contributed by atoms with E-state index in [4.69, 9.17) is 4.74 Å². The van der Waals surface area contributed by atoms with Crippen LogP contribution in [0.1, 0.15) is 5.69 Å². The third kappa shape index (κ3) is 4.90. The molecule has 16 heteroatoms. The maximum atomic E-state index is 15.0. The van der Waals surface area contributed by atoms with Gasteiger partial charge in [-0.05, 0) is 12.1 Å². The maximum Gasteiger partial charge on any atom is 0.408 e. The number of aromatic nitrogens is 6. The quantitative estimate of drug-likeness (QED) is 0.371. The van der Waals surface area contributed by atoms with E-state index >= 15 is 0 Å². The lowest BCUT2D eigenvalue weighted by atomic mass is 10.1. The van der Waals surface area contributed by atoms with Crippen LogP contribution in [-0.4, -0.2) is 61.0 Å². The average Bonchev–Trinajstić information content (AvgIpc) is 3.37. The Morgan fingerprint density at radius 2 is 2.00 bits per heavy atom. The number of nitriles is 1. The molecule has 2 N–H and O–H groups in total. The predicted octanol–water partition coefficient (Wildman–Crippen LogP) is 2.21. The van der Waals surface area contributed by atoms with Gasteiger partial charge >= 0.3 is 17.8 Å². The van der Waals surface area contributed by atoms with Crippen LogP contribution in [0.2, 0.25) is 0 Å². The Bertz CT molecular complexity index is 1690. The van der Waals surface area contributed by atoms with Crippen molar-refractivity contribution in [2.45, 2.75) is 24.7 Å². The zero-order valence-electron chi connectivity index (χ0n) is 19.0. The molecule has 5 heterocycles. The van der Waals surface area contributed by atoms with Gasteiger partial charge < -0.3 is 14.6 Å². The highest BCUT2D eigenvalue weighted by atomic mass is 19.4. The molecule has 0 radical (unpaired) electrons. The number of aromatic amines is 2. The van der Waals surface area contributed by atoms with Gasteiger partial charge in [0.25, 0.3) is 5.56 Å². The van der Waals surface area contributed by atoms with Crippen LogP contribution in [0.5, 0.6) is 5.88 Å². The van der Waals surface area contributed by atoms with Crippen molar-refractivity contribution in [3.05, 3.63) is 63.3 Å². The minimum Gasteiger partial charge on any atom is -0.466 e. The first-order valence-electron chi connectivity index (χ1n) is 10.8. The summed E-state index contributed by atoms with van der Waals surface area (Å²) in [6, 6.07) is 5.46. The van der Waals surface area contributed by atoms with Crippen LogP contribution in [0.15, 0.2) is 46.4 Å². The zero-order valence-corrected chi connectivity index (χ0v) is 19.0. The van der Waals surface area contributed by atoms with E-state index in [1.54, 1.807) is 6.07 Å². The van der Waals surface area contributed by atoms with E-state index in [2.05, 4.69) is 20.1 Å². The molecular weight excluding hydrogens is 519 g/mol. The van der Waals surface area contributed by atoms with Gasteiger partial charge in [0, 0.05) is 29.5 Å². The summed E-state index contributed by atoms with van der Waals surface area (Å²) in [5.74, 6) is -3.74. The summed E-state index contributed by atoms with van der Waals surface area (Å²) in [7, 11) is 0. The lowest BCUT2D eigenvalue weighted by Gasteiger charge is -2.19.